The van der Waals surface area contributed by atoms with E-state index in [1.165, 1.54) is 0 Å². The lowest BCUT2D eigenvalue weighted by Crippen LogP contribution is -2.43. The predicted molar refractivity (Wildman–Crippen MR) is 95.4 cm³/mol. The summed E-state index contributed by atoms with van der Waals surface area (Å²) in [5, 5.41) is 6.75. The van der Waals surface area contributed by atoms with Crippen molar-refractivity contribution in [2.45, 2.75) is 33.9 Å². The number of nitrogens with zero attached hydrogens (tertiary/aromatic N) is 1. The van der Waals surface area contributed by atoms with Gasteiger partial charge in [0.05, 0.1) is 19.6 Å². The van der Waals surface area contributed by atoms with Crippen LogP contribution in [0.15, 0.2) is 35.0 Å². The van der Waals surface area contributed by atoms with Crippen LogP contribution in [0.25, 0.3) is 0 Å². The molecule has 0 radical (unpaired) electrons. The zero-order valence-electron chi connectivity index (χ0n) is 13.7. The second-order valence-electron chi connectivity index (χ2n) is 6.34. The normalized spacial score (nSPS) is 11.3. The fourth-order valence-corrected chi connectivity index (χ4v) is 3.39. The lowest BCUT2D eigenvalue weighted by atomic mass is 9.96. The van der Waals surface area contributed by atoms with Gasteiger partial charge in [-0.3, -0.25) is 9.59 Å². The van der Waals surface area contributed by atoms with Gasteiger partial charge in [-0.15, -0.1) is 22.7 Å². The van der Waals surface area contributed by atoms with Crippen molar-refractivity contribution in [3.05, 3.63) is 44.8 Å². The molecule has 2 aromatic heterocycles. The Morgan fingerprint density at radius 3 is 1.96 bits per heavy atom. The first-order valence-corrected chi connectivity index (χ1v) is 9.23. The van der Waals surface area contributed by atoms with Crippen LogP contribution >= 0.6 is 22.7 Å². The van der Waals surface area contributed by atoms with Gasteiger partial charge in [0, 0.05) is 15.2 Å². The number of amides is 2. The molecule has 0 spiro atoms. The van der Waals surface area contributed by atoms with Gasteiger partial charge in [-0.1, -0.05) is 32.9 Å². The number of carbonyl (C=O) groups excluding carboxylic acids is 2. The van der Waals surface area contributed by atoms with Crippen molar-refractivity contribution in [1.29, 1.82) is 0 Å². The number of hydrogen-bond acceptors (Lipinski definition) is 4. The van der Waals surface area contributed by atoms with E-state index in [2.05, 4.69) is 5.32 Å². The predicted octanol–water partition coefficient (Wildman–Crippen LogP) is 3.50. The van der Waals surface area contributed by atoms with E-state index in [0.717, 1.165) is 9.75 Å². The van der Waals surface area contributed by atoms with Crippen LogP contribution in [0, 0.1) is 5.41 Å². The Hall–Kier alpha value is -1.66. The molecule has 0 fully saturated rings. The molecule has 0 unspecified atom stereocenters. The Balaban J connectivity index is 2.00. The van der Waals surface area contributed by atoms with Crippen LogP contribution in [0.1, 0.15) is 30.5 Å². The minimum absolute atomic E-state index is 0.0346. The summed E-state index contributed by atoms with van der Waals surface area (Å²) >= 11 is 3.26. The SMILES string of the molecule is CC(C)(C)C(=O)NCC(=O)N(Cc1cccs1)Cc1cccs1. The molecule has 0 saturated heterocycles. The van der Waals surface area contributed by atoms with Crippen LogP contribution in [0.4, 0.5) is 0 Å². The van der Waals surface area contributed by atoms with Crippen LogP contribution in [0.5, 0.6) is 0 Å². The molecule has 0 aliphatic heterocycles. The van der Waals surface area contributed by atoms with Crippen LogP contribution in [-0.2, 0) is 22.7 Å². The van der Waals surface area contributed by atoms with E-state index in [-0.39, 0.29) is 18.4 Å². The highest BCUT2D eigenvalue weighted by atomic mass is 32.1. The Morgan fingerprint density at radius 1 is 1.04 bits per heavy atom. The van der Waals surface area contributed by atoms with Gasteiger partial charge in [0.2, 0.25) is 11.8 Å². The Labute approximate surface area is 145 Å². The van der Waals surface area contributed by atoms with E-state index >= 15 is 0 Å². The van der Waals surface area contributed by atoms with E-state index in [1.807, 2.05) is 55.8 Å². The maximum atomic E-state index is 12.5. The second-order valence-corrected chi connectivity index (χ2v) is 8.41. The Bertz CT molecular complexity index is 592. The van der Waals surface area contributed by atoms with Gasteiger partial charge in [0.25, 0.3) is 0 Å². The summed E-state index contributed by atoms with van der Waals surface area (Å²) in [5.74, 6) is -0.178. The van der Waals surface area contributed by atoms with E-state index in [1.54, 1.807) is 27.6 Å². The van der Waals surface area contributed by atoms with Crippen LogP contribution in [-0.4, -0.2) is 23.3 Å². The molecule has 0 bridgehead atoms. The maximum Gasteiger partial charge on any atom is 0.242 e. The summed E-state index contributed by atoms with van der Waals surface area (Å²) < 4.78 is 0. The molecule has 0 saturated carbocycles. The molecule has 23 heavy (non-hydrogen) atoms. The third-order valence-electron chi connectivity index (χ3n) is 3.29. The topological polar surface area (TPSA) is 49.4 Å². The highest BCUT2D eigenvalue weighted by Gasteiger charge is 2.23. The van der Waals surface area contributed by atoms with E-state index in [0.29, 0.717) is 13.1 Å². The minimum Gasteiger partial charge on any atom is -0.347 e. The Morgan fingerprint density at radius 2 is 1.57 bits per heavy atom. The molecule has 2 aromatic rings. The zero-order valence-corrected chi connectivity index (χ0v) is 15.3. The third-order valence-corrected chi connectivity index (χ3v) is 5.01. The van der Waals surface area contributed by atoms with Gasteiger partial charge >= 0.3 is 0 Å². The van der Waals surface area contributed by atoms with Gasteiger partial charge in [-0.05, 0) is 22.9 Å². The quantitative estimate of drug-likeness (QED) is 0.867. The van der Waals surface area contributed by atoms with Crippen molar-refractivity contribution in [3.63, 3.8) is 0 Å². The standard InChI is InChI=1S/C17H22N2O2S2/c1-17(2,3)16(21)18-10-15(20)19(11-13-6-4-8-22-13)12-14-7-5-9-23-14/h4-9H,10-12H2,1-3H3,(H,18,21). The molecule has 0 atom stereocenters. The molecular weight excluding hydrogens is 328 g/mol. The van der Waals surface area contributed by atoms with Crippen LogP contribution < -0.4 is 5.32 Å². The molecule has 1 N–H and O–H groups in total. The molecule has 4 nitrogen and oxygen atoms in total. The third kappa shape index (κ3) is 5.48. The van der Waals surface area contributed by atoms with Crippen molar-refractivity contribution < 1.29 is 9.59 Å². The molecule has 0 aliphatic carbocycles. The summed E-state index contributed by atoms with van der Waals surface area (Å²) in [6, 6.07) is 8.00. The van der Waals surface area contributed by atoms with Crippen LogP contribution in [0.2, 0.25) is 0 Å². The largest absolute Gasteiger partial charge is 0.347 e. The summed E-state index contributed by atoms with van der Waals surface area (Å²) in [7, 11) is 0. The molecule has 0 aromatic carbocycles. The van der Waals surface area contributed by atoms with E-state index in [9.17, 15) is 9.59 Å². The van der Waals surface area contributed by atoms with Crippen LogP contribution in [0.3, 0.4) is 0 Å². The Kier molecular flexibility index (Phi) is 5.96. The van der Waals surface area contributed by atoms with Gasteiger partial charge in [0.15, 0.2) is 0 Å². The number of carbonyl (C=O) groups is 2. The fraction of sp³-hybridized carbons (Fsp3) is 0.412. The molecule has 2 rings (SSSR count). The summed E-state index contributed by atoms with van der Waals surface area (Å²) in [4.78, 5) is 28.6. The van der Waals surface area contributed by atoms with E-state index in [4.69, 9.17) is 0 Å². The first-order chi connectivity index (χ1) is 10.9. The molecule has 2 heterocycles. The molecule has 0 aliphatic rings. The van der Waals surface area contributed by atoms with Gasteiger partial charge in [-0.2, -0.15) is 0 Å². The number of nitrogens with one attached hydrogen (secondary N) is 1. The summed E-state index contributed by atoms with van der Waals surface area (Å²) in [6.45, 7) is 6.68. The van der Waals surface area contributed by atoms with Crippen molar-refractivity contribution in [3.8, 4) is 0 Å². The van der Waals surface area contributed by atoms with Crippen molar-refractivity contribution in [1.82, 2.24) is 10.2 Å². The lowest BCUT2D eigenvalue weighted by molar-refractivity contribution is -0.136. The zero-order chi connectivity index (χ0) is 16.9. The molecule has 6 heteroatoms. The summed E-state index contributed by atoms with van der Waals surface area (Å²) in [5.41, 5.74) is -0.493. The van der Waals surface area contributed by atoms with E-state index < -0.39 is 5.41 Å². The smallest absolute Gasteiger partial charge is 0.242 e. The first-order valence-electron chi connectivity index (χ1n) is 7.47. The van der Waals surface area contributed by atoms with Crippen molar-refractivity contribution in [2.24, 2.45) is 5.41 Å². The molecule has 124 valence electrons. The highest BCUT2D eigenvalue weighted by molar-refractivity contribution is 7.10. The molecular formula is C17H22N2O2S2. The number of thiophene rings is 2. The maximum absolute atomic E-state index is 12.5. The van der Waals surface area contributed by atoms with Gasteiger partial charge in [0.1, 0.15) is 0 Å². The van der Waals surface area contributed by atoms with Gasteiger partial charge in [-0.25, -0.2) is 0 Å². The average molecular weight is 351 g/mol. The fourth-order valence-electron chi connectivity index (χ4n) is 1.95. The summed E-state index contributed by atoms with van der Waals surface area (Å²) in [6.07, 6.45) is 0. The second kappa shape index (κ2) is 7.75. The monoisotopic (exact) mass is 350 g/mol. The lowest BCUT2D eigenvalue weighted by Gasteiger charge is -2.23. The van der Waals surface area contributed by atoms with Gasteiger partial charge < -0.3 is 10.2 Å². The first kappa shape index (κ1) is 17.7. The van der Waals surface area contributed by atoms with Crippen molar-refractivity contribution in [2.75, 3.05) is 6.54 Å². The minimum atomic E-state index is -0.493. The highest BCUT2D eigenvalue weighted by Crippen LogP contribution is 2.17. The van der Waals surface area contributed by atoms with Crippen molar-refractivity contribution >= 4 is 34.5 Å². The average Bonchev–Trinajstić information content (AvgIpc) is 3.16. The molecule has 2 amide bonds. The number of hydrogen-bond donors (Lipinski definition) is 1. The number of rotatable bonds is 6.